The fourth-order valence-corrected chi connectivity index (χ4v) is 5.94. The molecule has 0 unspecified atom stereocenters. The molecule has 0 radical (unpaired) electrons. The molecule has 4 aliphatic rings. The minimum Gasteiger partial charge on any atom is -0.469 e. The predicted octanol–water partition coefficient (Wildman–Crippen LogP) is 3.84. The van der Waals surface area contributed by atoms with E-state index in [1.54, 1.807) is 5.57 Å². The Morgan fingerprint density at radius 3 is 2.83 bits per heavy atom. The zero-order valence-electron chi connectivity index (χ0n) is 15.0. The molecule has 1 saturated heterocycles. The Labute approximate surface area is 144 Å². The van der Waals surface area contributed by atoms with Crippen LogP contribution >= 0.6 is 0 Å². The summed E-state index contributed by atoms with van der Waals surface area (Å²) in [6, 6.07) is 0. The monoisotopic (exact) mass is 334 g/mol. The second-order valence-corrected chi connectivity index (χ2v) is 7.85. The zero-order valence-corrected chi connectivity index (χ0v) is 15.0. The molecule has 0 aromatic rings. The molecule has 1 aliphatic heterocycles. The molecule has 24 heavy (non-hydrogen) atoms. The first-order valence-corrected chi connectivity index (χ1v) is 9.82. The number of hydrogen-bond acceptors (Lipinski definition) is 4. The van der Waals surface area contributed by atoms with Crippen molar-refractivity contribution in [1.82, 2.24) is 0 Å². The molecule has 3 aliphatic carbocycles. The lowest BCUT2D eigenvalue weighted by Crippen LogP contribution is -2.53. The maximum atomic E-state index is 12.7. The molecule has 4 heteroatoms. The highest BCUT2D eigenvalue weighted by Gasteiger charge is 2.53. The van der Waals surface area contributed by atoms with Crippen LogP contribution in [-0.4, -0.2) is 32.1 Å². The molecule has 1 saturated carbocycles. The van der Waals surface area contributed by atoms with Crippen molar-refractivity contribution in [3.05, 3.63) is 11.1 Å². The van der Waals surface area contributed by atoms with E-state index < -0.39 is 0 Å². The Morgan fingerprint density at radius 2 is 2.04 bits per heavy atom. The normalized spacial score (nSPS) is 41.4. The first kappa shape index (κ1) is 16.6. The quantitative estimate of drug-likeness (QED) is 0.581. The Balaban J connectivity index is 1.75. The maximum Gasteiger partial charge on any atom is 0.311 e. The fourth-order valence-electron chi connectivity index (χ4n) is 5.94. The van der Waals surface area contributed by atoms with Gasteiger partial charge in [0.15, 0.2) is 6.29 Å². The van der Waals surface area contributed by atoms with Crippen molar-refractivity contribution < 1.29 is 19.0 Å². The van der Waals surface area contributed by atoms with E-state index >= 15 is 0 Å². The number of fused-ring (bicyclic) bond motifs is 2. The number of rotatable bonds is 3. The molecular weight excluding hydrogens is 304 g/mol. The largest absolute Gasteiger partial charge is 0.469 e. The third kappa shape index (κ3) is 2.62. The van der Waals surface area contributed by atoms with Gasteiger partial charge in [-0.2, -0.15) is 0 Å². The number of carbonyl (C=O) groups excluding carboxylic acids is 1. The second-order valence-electron chi connectivity index (χ2n) is 7.85. The number of ether oxygens (including phenoxy) is 3. The third-order valence-corrected chi connectivity index (χ3v) is 6.77. The summed E-state index contributed by atoms with van der Waals surface area (Å²) in [6.45, 7) is 2.67. The van der Waals surface area contributed by atoms with E-state index in [2.05, 4.69) is 0 Å². The highest BCUT2D eigenvalue weighted by Crippen LogP contribution is 2.55. The van der Waals surface area contributed by atoms with Gasteiger partial charge in [-0.05, 0) is 62.4 Å². The summed E-state index contributed by atoms with van der Waals surface area (Å²) in [7, 11) is 1.52. The van der Waals surface area contributed by atoms with Crippen LogP contribution in [0.5, 0.6) is 0 Å². The first-order valence-electron chi connectivity index (χ1n) is 9.82. The predicted molar refractivity (Wildman–Crippen MR) is 90.2 cm³/mol. The van der Waals surface area contributed by atoms with Crippen LogP contribution in [0.15, 0.2) is 11.1 Å². The van der Waals surface area contributed by atoms with Crippen molar-refractivity contribution in [2.75, 3.05) is 13.7 Å². The van der Waals surface area contributed by atoms with Crippen LogP contribution in [0.3, 0.4) is 0 Å². The Hall–Kier alpha value is -0.870. The maximum absolute atomic E-state index is 12.7. The van der Waals surface area contributed by atoms with Gasteiger partial charge in [-0.1, -0.05) is 18.4 Å². The van der Waals surface area contributed by atoms with E-state index in [4.69, 9.17) is 14.2 Å². The number of carbonyl (C=O) groups is 1. The van der Waals surface area contributed by atoms with Crippen molar-refractivity contribution >= 4 is 5.97 Å². The lowest BCUT2D eigenvalue weighted by molar-refractivity contribution is -0.212. The Bertz CT molecular complexity index is 526. The summed E-state index contributed by atoms with van der Waals surface area (Å²) in [6.07, 6.45) is 9.27. The van der Waals surface area contributed by atoms with Crippen molar-refractivity contribution in [1.29, 1.82) is 0 Å². The molecule has 0 aromatic heterocycles. The van der Waals surface area contributed by atoms with Crippen LogP contribution in [0.25, 0.3) is 0 Å². The van der Waals surface area contributed by atoms with Crippen molar-refractivity contribution in [2.24, 2.45) is 23.7 Å². The molecular formula is C20H30O4. The highest BCUT2D eigenvalue weighted by atomic mass is 16.7. The van der Waals surface area contributed by atoms with E-state index in [0.29, 0.717) is 24.4 Å². The van der Waals surface area contributed by atoms with Gasteiger partial charge < -0.3 is 14.2 Å². The fraction of sp³-hybridized carbons (Fsp3) is 0.850. The van der Waals surface area contributed by atoms with E-state index in [-0.39, 0.29) is 24.3 Å². The van der Waals surface area contributed by atoms with Gasteiger partial charge in [-0.15, -0.1) is 0 Å². The molecule has 0 bridgehead atoms. The van der Waals surface area contributed by atoms with Crippen LogP contribution < -0.4 is 0 Å². The SMILES string of the molecule is CCO[C@@H]1C[C@@H]2CCCC3=C2[C@@H](O1)[C@@H](C(=O)OC)[C@@H]1CCCC[C@@H]31. The van der Waals surface area contributed by atoms with Gasteiger partial charge >= 0.3 is 5.97 Å². The molecule has 4 nitrogen and oxygen atoms in total. The minimum absolute atomic E-state index is 0.0788. The van der Waals surface area contributed by atoms with E-state index in [1.807, 2.05) is 6.92 Å². The topological polar surface area (TPSA) is 44.8 Å². The van der Waals surface area contributed by atoms with Gasteiger partial charge in [0, 0.05) is 13.0 Å². The standard InChI is InChI=1S/C20H30O4/c1-3-23-16-11-12-7-6-10-14-13-8-4-5-9-15(13)18(20(21)22-2)19(24-16)17(12)14/h12-13,15-16,18-19H,3-11H2,1-2H3/t12-,13-,15+,16-,18-,19+/m0/s1. The lowest BCUT2D eigenvalue weighted by atomic mass is 9.57. The lowest BCUT2D eigenvalue weighted by Gasteiger charge is -2.52. The van der Waals surface area contributed by atoms with Crippen LogP contribution in [0.4, 0.5) is 0 Å². The minimum atomic E-state index is -0.166. The van der Waals surface area contributed by atoms with E-state index in [9.17, 15) is 4.79 Å². The molecule has 4 rings (SSSR count). The van der Waals surface area contributed by atoms with Crippen molar-refractivity contribution in [2.45, 2.75) is 70.7 Å². The van der Waals surface area contributed by atoms with Gasteiger partial charge in [-0.25, -0.2) is 0 Å². The average Bonchev–Trinajstić information content (AvgIpc) is 2.62. The van der Waals surface area contributed by atoms with Crippen molar-refractivity contribution in [3.8, 4) is 0 Å². The molecule has 0 N–H and O–H groups in total. The Morgan fingerprint density at radius 1 is 1.21 bits per heavy atom. The van der Waals surface area contributed by atoms with Gasteiger partial charge in [-0.3, -0.25) is 4.79 Å². The molecule has 0 aromatic carbocycles. The van der Waals surface area contributed by atoms with Gasteiger partial charge in [0.25, 0.3) is 0 Å². The third-order valence-electron chi connectivity index (χ3n) is 6.77. The molecule has 0 amide bonds. The van der Waals surface area contributed by atoms with E-state index in [1.165, 1.54) is 51.2 Å². The number of allylic oxidation sites excluding steroid dienone is 1. The first-order chi connectivity index (χ1) is 11.7. The molecule has 0 spiro atoms. The summed E-state index contributed by atoms with van der Waals surface area (Å²) in [5.41, 5.74) is 3.12. The van der Waals surface area contributed by atoms with Crippen LogP contribution in [0.1, 0.15) is 58.3 Å². The average molecular weight is 334 g/mol. The van der Waals surface area contributed by atoms with Crippen LogP contribution in [0, 0.1) is 23.7 Å². The Kier molecular flexibility index (Phi) is 4.70. The van der Waals surface area contributed by atoms with Gasteiger partial charge in [0.1, 0.15) is 0 Å². The summed E-state index contributed by atoms with van der Waals surface area (Å²) in [4.78, 5) is 12.7. The zero-order chi connectivity index (χ0) is 16.7. The highest BCUT2D eigenvalue weighted by molar-refractivity contribution is 5.75. The molecule has 2 fully saturated rings. The summed E-state index contributed by atoms with van der Waals surface area (Å²) in [5, 5.41) is 0. The van der Waals surface area contributed by atoms with Crippen molar-refractivity contribution in [3.63, 3.8) is 0 Å². The summed E-state index contributed by atoms with van der Waals surface area (Å²) in [5.74, 6) is 1.31. The molecule has 6 atom stereocenters. The molecule has 1 heterocycles. The summed E-state index contributed by atoms with van der Waals surface area (Å²) >= 11 is 0. The number of hydrogen-bond donors (Lipinski definition) is 0. The number of methoxy groups -OCH3 is 1. The van der Waals surface area contributed by atoms with Crippen LogP contribution in [-0.2, 0) is 19.0 Å². The van der Waals surface area contributed by atoms with Gasteiger partial charge in [0.05, 0.1) is 19.1 Å². The van der Waals surface area contributed by atoms with E-state index in [0.717, 1.165) is 12.8 Å². The second kappa shape index (κ2) is 6.80. The smallest absolute Gasteiger partial charge is 0.311 e. The summed E-state index contributed by atoms with van der Waals surface area (Å²) < 4.78 is 17.4. The van der Waals surface area contributed by atoms with Crippen LogP contribution in [0.2, 0.25) is 0 Å². The van der Waals surface area contributed by atoms with Gasteiger partial charge in [0.2, 0.25) is 0 Å². The number of esters is 1. The molecule has 134 valence electrons.